The number of rotatable bonds is 5. The highest BCUT2D eigenvalue weighted by Gasteiger charge is 2.36. The number of halogens is 1. The van der Waals surface area contributed by atoms with Gasteiger partial charge in [0.15, 0.2) is 11.6 Å². The van der Waals surface area contributed by atoms with Crippen LogP contribution in [0, 0.1) is 41.9 Å². The summed E-state index contributed by atoms with van der Waals surface area (Å²) < 4.78 is 4.70. The Bertz CT molecular complexity index is 2120. The Morgan fingerprint density at radius 3 is 2.15 bits per heavy atom. The van der Waals surface area contributed by atoms with Gasteiger partial charge in [-0.05, 0) is 139 Å². The summed E-state index contributed by atoms with van der Waals surface area (Å²) >= 11 is 3.41. The van der Waals surface area contributed by atoms with Gasteiger partial charge in [0.1, 0.15) is 6.07 Å². The number of Topliss-reactive ketones (excluding diaryl/α,β-unsaturated/α-hetero) is 2. The molecule has 1 fully saturated rings. The maximum absolute atomic E-state index is 12.8. The molecule has 9 nitrogen and oxygen atoms in total. The molecule has 7 rings (SSSR count). The number of nitriles is 1. The largest absolute Gasteiger partial charge is 0.393 e. The van der Waals surface area contributed by atoms with E-state index in [0.717, 1.165) is 100 Å². The predicted molar refractivity (Wildman–Crippen MR) is 204 cm³/mol. The molecule has 0 bridgehead atoms. The highest BCUT2D eigenvalue weighted by Crippen LogP contribution is 2.39. The van der Waals surface area contributed by atoms with E-state index < -0.39 is 5.91 Å². The lowest BCUT2D eigenvalue weighted by Crippen LogP contribution is -2.28. The van der Waals surface area contributed by atoms with Crippen molar-refractivity contribution in [2.24, 2.45) is 22.5 Å². The molecule has 0 aliphatic heterocycles. The van der Waals surface area contributed by atoms with E-state index >= 15 is 0 Å². The highest BCUT2D eigenvalue weighted by atomic mass is 79.9. The third-order valence-electron chi connectivity index (χ3n) is 10.9. The Morgan fingerprint density at radius 2 is 1.54 bits per heavy atom. The molecular formula is C42H48BrN5O4. The number of nitrogens with two attached hydrogens (primary N) is 1. The Morgan fingerprint density at radius 1 is 0.923 bits per heavy atom. The van der Waals surface area contributed by atoms with E-state index in [1.165, 1.54) is 0 Å². The number of aromatic nitrogens is 3. The maximum atomic E-state index is 12.8. The number of carbonyl (C=O) groups is 3. The molecule has 3 aliphatic rings. The normalized spacial score (nSPS) is 20.3. The second-order valence-electron chi connectivity index (χ2n) is 16.6. The number of primary amides is 1. The summed E-state index contributed by atoms with van der Waals surface area (Å²) in [7, 11) is 0. The number of carbonyl (C=O) groups excluding carboxylic acids is 3. The van der Waals surface area contributed by atoms with Crippen molar-refractivity contribution in [3.8, 4) is 17.4 Å². The van der Waals surface area contributed by atoms with Crippen LogP contribution in [0.4, 0.5) is 0 Å². The average Bonchev–Trinajstić information content (AvgIpc) is 3.56. The first kappa shape index (κ1) is 37.4. The van der Waals surface area contributed by atoms with Gasteiger partial charge in [0.25, 0.3) is 0 Å². The highest BCUT2D eigenvalue weighted by molar-refractivity contribution is 9.10. The second-order valence-corrected chi connectivity index (χ2v) is 17.4. The van der Waals surface area contributed by atoms with Gasteiger partial charge in [-0.25, -0.2) is 4.68 Å². The first-order valence-electron chi connectivity index (χ1n) is 18.1. The van der Waals surface area contributed by atoms with Crippen LogP contribution in [0.3, 0.4) is 0 Å². The van der Waals surface area contributed by atoms with E-state index in [2.05, 4.69) is 65.4 Å². The van der Waals surface area contributed by atoms with Crippen LogP contribution in [0.15, 0.2) is 47.1 Å². The number of aliphatic hydroxyl groups is 1. The number of aliphatic hydroxyl groups excluding tert-OH is 1. The zero-order valence-corrected chi connectivity index (χ0v) is 32.6. The first-order valence-corrected chi connectivity index (χ1v) is 18.9. The van der Waals surface area contributed by atoms with E-state index in [0.29, 0.717) is 29.9 Å². The van der Waals surface area contributed by atoms with E-state index in [4.69, 9.17) is 11.0 Å². The number of amides is 1. The van der Waals surface area contributed by atoms with Crippen LogP contribution >= 0.6 is 15.9 Å². The van der Waals surface area contributed by atoms with Gasteiger partial charge in [-0.1, -0.05) is 27.7 Å². The topological polar surface area (TPSA) is 144 Å². The fourth-order valence-electron chi connectivity index (χ4n) is 8.39. The van der Waals surface area contributed by atoms with E-state index in [1.807, 2.05) is 49.0 Å². The number of benzene rings is 2. The molecule has 2 heterocycles. The molecule has 1 amide bonds. The molecule has 3 N–H and O–H groups in total. The van der Waals surface area contributed by atoms with E-state index in [1.54, 1.807) is 6.07 Å². The minimum atomic E-state index is -0.408. The van der Waals surface area contributed by atoms with Crippen molar-refractivity contribution in [1.29, 1.82) is 5.26 Å². The van der Waals surface area contributed by atoms with Gasteiger partial charge >= 0.3 is 0 Å². The zero-order valence-electron chi connectivity index (χ0n) is 31.0. The molecule has 52 heavy (non-hydrogen) atoms. The fourth-order valence-corrected chi connectivity index (χ4v) is 8.84. The van der Waals surface area contributed by atoms with Crippen LogP contribution in [0.5, 0.6) is 0 Å². The van der Waals surface area contributed by atoms with Gasteiger partial charge in [0.05, 0.1) is 34.3 Å². The van der Waals surface area contributed by atoms with Crippen molar-refractivity contribution >= 4 is 33.4 Å². The van der Waals surface area contributed by atoms with Gasteiger partial charge < -0.3 is 15.4 Å². The van der Waals surface area contributed by atoms with Crippen LogP contribution in [-0.2, 0) is 19.3 Å². The lowest BCUT2D eigenvalue weighted by Gasteiger charge is -2.30. The standard InChI is InChI=1S/C25H32N2O3.C17H16BrN3O/c1-15-14-27(21-12-25(2,3)13-22(29)23(15)21)18-6-9-20(24(26)30)17(11-18)10-16-4-7-19(28)8-5-16;1-10-16-14(7-17(2,3)8-15(16)22)21(20-10)12-5-4-11(9-19)13(18)6-12/h6,9,11,14,16,19,28H,4-5,7-8,10,12-13H2,1-3H3,(H2,26,30);4-6H,7-8H2,1-3H3. The Hall–Kier alpha value is -4.33. The van der Waals surface area contributed by atoms with Gasteiger partial charge in [-0.3, -0.25) is 14.4 Å². The van der Waals surface area contributed by atoms with Crippen molar-refractivity contribution in [3.05, 3.63) is 97.5 Å². The van der Waals surface area contributed by atoms with Crippen LogP contribution in [0.2, 0.25) is 0 Å². The van der Waals surface area contributed by atoms with Gasteiger partial charge in [-0.2, -0.15) is 10.4 Å². The molecule has 3 aliphatic carbocycles. The number of fused-ring (bicyclic) bond motifs is 2. The summed E-state index contributed by atoms with van der Waals surface area (Å²) in [5.74, 6) is 0.423. The van der Waals surface area contributed by atoms with Crippen LogP contribution in [-0.4, -0.2) is 43.0 Å². The molecule has 0 radical (unpaired) electrons. The van der Waals surface area contributed by atoms with Gasteiger partial charge in [-0.15, -0.1) is 0 Å². The van der Waals surface area contributed by atoms with Gasteiger partial charge in [0, 0.05) is 46.0 Å². The lowest BCUT2D eigenvalue weighted by molar-refractivity contribution is 0.0900. The first-order chi connectivity index (χ1) is 24.5. The van der Waals surface area contributed by atoms with Crippen molar-refractivity contribution < 1.29 is 19.5 Å². The molecule has 0 unspecified atom stereocenters. The number of aryl methyl sites for hydroxylation is 2. The molecule has 0 atom stereocenters. The minimum Gasteiger partial charge on any atom is -0.393 e. The van der Waals surface area contributed by atoms with E-state index in [9.17, 15) is 19.5 Å². The third kappa shape index (κ3) is 7.58. The summed E-state index contributed by atoms with van der Waals surface area (Å²) in [6.07, 6.45) is 8.98. The van der Waals surface area contributed by atoms with Crippen molar-refractivity contribution in [3.63, 3.8) is 0 Å². The summed E-state index contributed by atoms with van der Waals surface area (Å²) in [6, 6.07) is 13.4. The quantitative estimate of drug-likeness (QED) is 0.210. The molecular weight excluding hydrogens is 718 g/mol. The monoisotopic (exact) mass is 765 g/mol. The third-order valence-corrected chi connectivity index (χ3v) is 11.5. The van der Waals surface area contributed by atoms with E-state index in [-0.39, 0.29) is 28.5 Å². The lowest BCUT2D eigenvalue weighted by atomic mass is 9.75. The molecule has 10 heteroatoms. The number of nitrogens with zero attached hydrogens (tertiary/aromatic N) is 4. The van der Waals surface area contributed by atoms with Crippen LogP contribution < -0.4 is 5.73 Å². The average molecular weight is 767 g/mol. The summed E-state index contributed by atoms with van der Waals surface area (Å²) in [4.78, 5) is 37.3. The van der Waals surface area contributed by atoms with Crippen molar-refractivity contribution in [2.45, 2.75) is 105 Å². The summed E-state index contributed by atoms with van der Waals surface area (Å²) in [6.45, 7) is 12.4. The Labute approximate surface area is 314 Å². The molecule has 272 valence electrons. The molecule has 2 aromatic heterocycles. The SMILES string of the molecule is Cc1cn(-c2ccc(C(N)=O)c(CC3CCC(O)CC3)c2)c2c1C(=O)CC(C)(C)C2.Cc1nn(-c2ccc(C#N)c(Br)c2)c2c1C(=O)CC(C)(C)C2. The predicted octanol–water partition coefficient (Wildman–Crippen LogP) is 8.10. The molecule has 4 aromatic rings. The molecule has 0 spiro atoms. The van der Waals surface area contributed by atoms with Crippen molar-refractivity contribution in [1.82, 2.24) is 14.3 Å². The minimum absolute atomic E-state index is 0.0574. The maximum Gasteiger partial charge on any atom is 0.248 e. The van der Waals surface area contributed by atoms with Crippen LogP contribution in [0.1, 0.15) is 131 Å². The second kappa shape index (κ2) is 14.2. The Balaban J connectivity index is 0.000000187. The smallest absolute Gasteiger partial charge is 0.248 e. The van der Waals surface area contributed by atoms with Gasteiger partial charge in [0.2, 0.25) is 5.91 Å². The zero-order chi connectivity index (χ0) is 37.7. The van der Waals surface area contributed by atoms with Crippen LogP contribution in [0.25, 0.3) is 11.4 Å². The molecule has 2 aromatic carbocycles. The number of hydrogen-bond acceptors (Lipinski definition) is 6. The molecule has 0 saturated heterocycles. The number of ketones is 2. The summed E-state index contributed by atoms with van der Waals surface area (Å²) in [5.41, 5.74) is 14.9. The van der Waals surface area contributed by atoms with Crippen molar-refractivity contribution in [2.75, 3.05) is 0 Å². The Kier molecular flexibility index (Phi) is 10.3. The fraction of sp³-hybridized carbons (Fsp3) is 0.452. The summed E-state index contributed by atoms with van der Waals surface area (Å²) in [5, 5.41) is 23.4. The number of hydrogen-bond donors (Lipinski definition) is 2. The molecule has 1 saturated carbocycles.